The molecule has 174 valence electrons. The number of carbonyl (C=O) groups excluding carboxylic acids is 1. The van der Waals surface area contributed by atoms with E-state index < -0.39 is 15.8 Å². The summed E-state index contributed by atoms with van der Waals surface area (Å²) in [7, 11) is -3.66. The number of sulfonamides is 1. The van der Waals surface area contributed by atoms with Crippen LogP contribution in [-0.2, 0) is 27.8 Å². The summed E-state index contributed by atoms with van der Waals surface area (Å²) >= 11 is 0. The Bertz CT molecular complexity index is 1230. The fourth-order valence-corrected chi connectivity index (χ4v) is 4.29. The molecule has 0 spiro atoms. The second-order valence-corrected chi connectivity index (χ2v) is 9.56. The number of nitrogens with one attached hydrogen (secondary N) is 1. The Balaban J connectivity index is 1.68. The van der Waals surface area contributed by atoms with Gasteiger partial charge in [-0.1, -0.05) is 43.3 Å². The third kappa shape index (κ3) is 6.32. The summed E-state index contributed by atoms with van der Waals surface area (Å²) in [4.78, 5) is 12.4. The predicted octanol–water partition coefficient (Wildman–Crippen LogP) is 4.68. The van der Waals surface area contributed by atoms with Crippen molar-refractivity contribution in [2.24, 2.45) is 0 Å². The van der Waals surface area contributed by atoms with E-state index in [1.54, 1.807) is 42.5 Å². The molecule has 3 aromatic carbocycles. The third-order valence-corrected chi connectivity index (χ3v) is 6.31. The van der Waals surface area contributed by atoms with Gasteiger partial charge < -0.3 is 10.1 Å². The molecule has 0 atom stereocenters. The van der Waals surface area contributed by atoms with Crippen LogP contribution >= 0.6 is 0 Å². The maximum absolute atomic E-state index is 14.0. The smallest absolute Gasteiger partial charge is 0.262 e. The van der Waals surface area contributed by atoms with Crippen LogP contribution in [0.1, 0.15) is 23.6 Å². The van der Waals surface area contributed by atoms with Crippen LogP contribution < -0.4 is 14.4 Å². The summed E-state index contributed by atoms with van der Waals surface area (Å²) < 4.78 is 45.4. The van der Waals surface area contributed by atoms with Crippen molar-refractivity contribution in [2.75, 3.05) is 22.5 Å². The predicted molar refractivity (Wildman–Crippen MR) is 129 cm³/mol. The highest BCUT2D eigenvalue weighted by Crippen LogP contribution is 2.25. The van der Waals surface area contributed by atoms with Crippen molar-refractivity contribution in [3.63, 3.8) is 0 Å². The number of aryl methyl sites for hydroxylation is 2. The Morgan fingerprint density at radius 1 is 1.00 bits per heavy atom. The van der Waals surface area contributed by atoms with Crippen molar-refractivity contribution in [1.29, 1.82) is 0 Å². The molecule has 1 amide bonds. The molecular weight excluding hydrogens is 443 g/mol. The van der Waals surface area contributed by atoms with E-state index in [4.69, 9.17) is 4.74 Å². The molecule has 0 unspecified atom stereocenters. The molecule has 0 heterocycles. The number of nitrogens with zero attached hydrogens (tertiary/aromatic N) is 1. The van der Waals surface area contributed by atoms with Crippen LogP contribution in [0.3, 0.4) is 0 Å². The molecule has 6 nitrogen and oxygen atoms in total. The van der Waals surface area contributed by atoms with Crippen molar-refractivity contribution in [1.82, 2.24) is 0 Å². The van der Waals surface area contributed by atoms with Crippen molar-refractivity contribution < 1.29 is 22.3 Å². The van der Waals surface area contributed by atoms with Gasteiger partial charge in [0.2, 0.25) is 10.0 Å². The van der Waals surface area contributed by atoms with Crippen LogP contribution in [0, 0.1) is 12.7 Å². The normalized spacial score (nSPS) is 11.2. The number of hydrogen-bond donors (Lipinski definition) is 1. The van der Waals surface area contributed by atoms with Crippen LogP contribution in [0.2, 0.25) is 0 Å². The van der Waals surface area contributed by atoms with Crippen LogP contribution in [0.25, 0.3) is 0 Å². The molecule has 0 aliphatic rings. The number of ether oxygens (including phenoxy) is 1. The van der Waals surface area contributed by atoms with Crippen LogP contribution in [0.15, 0.2) is 66.7 Å². The quantitative estimate of drug-likeness (QED) is 0.493. The van der Waals surface area contributed by atoms with Gasteiger partial charge in [0.1, 0.15) is 11.6 Å². The average molecular weight is 471 g/mol. The molecule has 0 saturated heterocycles. The number of halogens is 1. The number of amides is 1. The Hall–Kier alpha value is -3.39. The molecule has 0 aliphatic heterocycles. The Labute approximate surface area is 194 Å². The van der Waals surface area contributed by atoms with Gasteiger partial charge in [-0.25, -0.2) is 12.8 Å². The minimum atomic E-state index is -3.66. The molecular formula is C25H27FN2O4S. The van der Waals surface area contributed by atoms with E-state index in [0.29, 0.717) is 11.4 Å². The van der Waals surface area contributed by atoms with E-state index in [0.717, 1.165) is 33.8 Å². The maximum Gasteiger partial charge on any atom is 0.262 e. The van der Waals surface area contributed by atoms with Crippen LogP contribution in [0.5, 0.6) is 5.75 Å². The molecule has 3 rings (SSSR count). The summed E-state index contributed by atoms with van der Waals surface area (Å²) in [5.74, 6) is -0.355. The second-order valence-electron chi connectivity index (χ2n) is 7.65. The number of rotatable bonds is 9. The zero-order chi connectivity index (χ0) is 24.0. The highest BCUT2D eigenvalue weighted by molar-refractivity contribution is 7.92. The largest absolute Gasteiger partial charge is 0.484 e. The van der Waals surface area contributed by atoms with Crippen molar-refractivity contribution in [2.45, 2.75) is 26.8 Å². The minimum absolute atomic E-state index is 0.135. The summed E-state index contributed by atoms with van der Waals surface area (Å²) in [6.07, 6.45) is 1.86. The number of benzene rings is 3. The highest BCUT2D eigenvalue weighted by atomic mass is 32.2. The van der Waals surface area contributed by atoms with E-state index in [1.807, 2.05) is 32.0 Å². The standard InChI is InChI=1S/C25H27FN2O4S/c1-4-19-10-7-8-18(2)25(19)27-24(29)17-32-22-14-12-21(13-15-22)28(33(3,30)31)16-20-9-5-6-11-23(20)26/h5-15H,4,16-17H2,1-3H3,(H,27,29). The zero-order valence-electron chi connectivity index (χ0n) is 18.8. The van der Waals surface area contributed by atoms with Crippen molar-refractivity contribution in [3.05, 3.63) is 89.2 Å². The Morgan fingerprint density at radius 2 is 1.67 bits per heavy atom. The summed E-state index contributed by atoms with van der Waals surface area (Å²) in [5, 5.41) is 2.90. The fourth-order valence-electron chi connectivity index (χ4n) is 3.42. The lowest BCUT2D eigenvalue weighted by molar-refractivity contribution is -0.118. The summed E-state index contributed by atoms with van der Waals surface area (Å²) in [6, 6.07) is 18.2. The summed E-state index contributed by atoms with van der Waals surface area (Å²) in [6.45, 7) is 3.63. The highest BCUT2D eigenvalue weighted by Gasteiger charge is 2.19. The molecule has 8 heteroatoms. The van der Waals surface area contributed by atoms with Gasteiger partial charge in [0.25, 0.3) is 5.91 Å². The topological polar surface area (TPSA) is 75.7 Å². The number of para-hydroxylation sites is 1. The van der Waals surface area contributed by atoms with E-state index in [2.05, 4.69) is 5.32 Å². The number of hydrogen-bond acceptors (Lipinski definition) is 4. The molecule has 0 aliphatic carbocycles. The van der Waals surface area contributed by atoms with E-state index in [9.17, 15) is 17.6 Å². The summed E-state index contributed by atoms with van der Waals surface area (Å²) in [5.41, 5.74) is 3.44. The Kier molecular flexibility index (Phi) is 7.71. The first-order valence-corrected chi connectivity index (χ1v) is 12.4. The molecule has 0 radical (unpaired) electrons. The molecule has 33 heavy (non-hydrogen) atoms. The van der Waals surface area contributed by atoms with Crippen molar-refractivity contribution >= 4 is 27.3 Å². The molecule has 3 aromatic rings. The van der Waals surface area contributed by atoms with Gasteiger partial charge in [-0.05, 0) is 54.8 Å². The molecule has 0 fully saturated rings. The lowest BCUT2D eigenvalue weighted by Crippen LogP contribution is -2.29. The number of carbonyl (C=O) groups is 1. The molecule has 0 aromatic heterocycles. The SMILES string of the molecule is CCc1cccc(C)c1NC(=O)COc1ccc(N(Cc2ccccc2F)S(C)(=O)=O)cc1. The van der Waals surface area contributed by atoms with Gasteiger partial charge in [0.15, 0.2) is 6.61 Å². The maximum atomic E-state index is 14.0. The van der Waals surface area contributed by atoms with Crippen molar-refractivity contribution in [3.8, 4) is 5.75 Å². The first kappa shape index (κ1) is 24.3. The molecule has 0 bridgehead atoms. The van der Waals surface area contributed by atoms with Gasteiger partial charge in [-0.2, -0.15) is 0 Å². The van der Waals surface area contributed by atoms with E-state index in [1.165, 1.54) is 6.07 Å². The van der Waals surface area contributed by atoms with Gasteiger partial charge in [0.05, 0.1) is 18.5 Å². The lowest BCUT2D eigenvalue weighted by atomic mass is 10.1. The van der Waals surface area contributed by atoms with Gasteiger partial charge in [-0.15, -0.1) is 0 Å². The van der Waals surface area contributed by atoms with Gasteiger partial charge in [-0.3, -0.25) is 9.10 Å². The fraction of sp³-hybridized carbons (Fsp3) is 0.240. The first-order valence-electron chi connectivity index (χ1n) is 10.5. The van der Waals surface area contributed by atoms with Gasteiger partial charge >= 0.3 is 0 Å². The van der Waals surface area contributed by atoms with Crippen LogP contribution in [-0.4, -0.2) is 27.2 Å². The van der Waals surface area contributed by atoms with E-state index in [-0.39, 0.29) is 24.6 Å². The van der Waals surface area contributed by atoms with Gasteiger partial charge in [0, 0.05) is 11.3 Å². The Morgan fingerprint density at radius 3 is 2.30 bits per heavy atom. The van der Waals surface area contributed by atoms with Crippen LogP contribution in [0.4, 0.5) is 15.8 Å². The molecule has 0 saturated carbocycles. The number of anilines is 2. The monoisotopic (exact) mass is 470 g/mol. The third-order valence-electron chi connectivity index (χ3n) is 5.17. The molecule has 1 N–H and O–H groups in total. The first-order chi connectivity index (χ1) is 15.7. The lowest BCUT2D eigenvalue weighted by Gasteiger charge is -2.23. The minimum Gasteiger partial charge on any atom is -0.484 e. The second kappa shape index (κ2) is 10.5. The van der Waals surface area contributed by atoms with E-state index >= 15 is 0 Å². The average Bonchev–Trinajstić information content (AvgIpc) is 2.78. The zero-order valence-corrected chi connectivity index (χ0v) is 19.7.